The highest BCUT2D eigenvalue weighted by atomic mass is 19.1. The van der Waals surface area contributed by atoms with Crippen molar-refractivity contribution in [2.75, 3.05) is 5.32 Å². The van der Waals surface area contributed by atoms with Crippen molar-refractivity contribution >= 4 is 5.82 Å². The van der Waals surface area contributed by atoms with Gasteiger partial charge in [-0.05, 0) is 81.8 Å². The fraction of sp³-hybridized carbons (Fsp3) is 0.417. The number of hydrogen-bond donors (Lipinski definition) is 2. The molecule has 3 aromatic rings. The lowest BCUT2D eigenvalue weighted by molar-refractivity contribution is 0.104. The maximum atomic E-state index is 13.5. The van der Waals surface area contributed by atoms with Gasteiger partial charge in [0.2, 0.25) is 0 Å². The number of anilines is 1. The third-order valence-electron chi connectivity index (χ3n) is 5.80. The Balaban J connectivity index is 1.76. The van der Waals surface area contributed by atoms with Gasteiger partial charge in [0.15, 0.2) is 0 Å². The Morgan fingerprint density at radius 3 is 2.55 bits per heavy atom. The highest BCUT2D eigenvalue weighted by Gasteiger charge is 2.22. The number of pyridine rings is 1. The normalized spacial score (nSPS) is 19.0. The van der Waals surface area contributed by atoms with Crippen molar-refractivity contribution in [1.82, 2.24) is 14.1 Å². The molecule has 0 amide bonds. The van der Waals surface area contributed by atoms with E-state index in [0.29, 0.717) is 18.2 Å². The SMILES string of the molecule is CC(C)Nc1cc(-c2cn(CC3CCC(O)CC3)c(=O)n2-c2ccc(F)cc2)ccn1. The molecule has 164 valence electrons. The van der Waals surface area contributed by atoms with E-state index in [-0.39, 0.29) is 23.7 Å². The molecule has 0 atom stereocenters. The first-order valence-electron chi connectivity index (χ1n) is 10.9. The predicted molar refractivity (Wildman–Crippen MR) is 120 cm³/mol. The molecule has 0 unspecified atom stereocenters. The smallest absolute Gasteiger partial charge is 0.333 e. The van der Waals surface area contributed by atoms with Crippen molar-refractivity contribution in [2.45, 2.75) is 58.2 Å². The second-order valence-electron chi connectivity index (χ2n) is 8.66. The average molecular weight is 425 g/mol. The van der Waals surface area contributed by atoms with E-state index in [9.17, 15) is 14.3 Å². The van der Waals surface area contributed by atoms with Crippen molar-refractivity contribution in [2.24, 2.45) is 5.92 Å². The number of nitrogens with one attached hydrogen (secondary N) is 1. The Kier molecular flexibility index (Phi) is 6.23. The third-order valence-corrected chi connectivity index (χ3v) is 5.80. The van der Waals surface area contributed by atoms with E-state index < -0.39 is 0 Å². The number of rotatable bonds is 6. The van der Waals surface area contributed by atoms with Crippen LogP contribution in [0.1, 0.15) is 39.5 Å². The number of halogens is 1. The van der Waals surface area contributed by atoms with E-state index in [1.165, 1.54) is 12.1 Å². The standard InChI is InChI=1S/C24H29FN4O2/c1-16(2)27-23-13-18(11-12-26-23)22-15-28(14-17-3-9-21(30)10-4-17)24(31)29(22)20-7-5-19(25)6-8-20/h5-8,11-13,15-17,21,30H,3-4,9-10,14H2,1-2H3,(H,26,27). The summed E-state index contributed by atoms with van der Waals surface area (Å²) in [4.78, 5) is 17.8. The molecule has 1 aliphatic rings. The lowest BCUT2D eigenvalue weighted by atomic mass is 9.87. The van der Waals surface area contributed by atoms with E-state index in [4.69, 9.17) is 0 Å². The molecule has 1 fully saturated rings. The lowest BCUT2D eigenvalue weighted by Gasteiger charge is -2.25. The van der Waals surface area contributed by atoms with Gasteiger partial charge in [-0.1, -0.05) is 0 Å². The first kappa shape index (κ1) is 21.3. The Morgan fingerprint density at radius 1 is 1.16 bits per heavy atom. The Bertz CT molecular complexity index is 1080. The van der Waals surface area contributed by atoms with Crippen LogP contribution in [-0.2, 0) is 6.54 Å². The molecule has 0 radical (unpaired) electrons. The second kappa shape index (κ2) is 9.06. The molecule has 0 spiro atoms. The zero-order valence-corrected chi connectivity index (χ0v) is 18.0. The van der Waals surface area contributed by atoms with Crippen LogP contribution >= 0.6 is 0 Å². The van der Waals surface area contributed by atoms with Crippen LogP contribution in [0.4, 0.5) is 10.2 Å². The molecule has 0 saturated heterocycles. The van der Waals surface area contributed by atoms with Crippen LogP contribution in [0.5, 0.6) is 0 Å². The zero-order chi connectivity index (χ0) is 22.0. The molecule has 1 aromatic carbocycles. The number of nitrogens with zero attached hydrogens (tertiary/aromatic N) is 3. The Hall–Kier alpha value is -2.93. The number of aliphatic hydroxyl groups excluding tert-OH is 1. The molecule has 2 aromatic heterocycles. The molecular formula is C24H29FN4O2. The molecule has 31 heavy (non-hydrogen) atoms. The monoisotopic (exact) mass is 424 g/mol. The van der Waals surface area contributed by atoms with Crippen LogP contribution in [0.25, 0.3) is 16.9 Å². The van der Waals surface area contributed by atoms with Crippen LogP contribution in [-0.4, -0.2) is 31.4 Å². The van der Waals surface area contributed by atoms with Gasteiger partial charge in [-0.15, -0.1) is 0 Å². The zero-order valence-electron chi connectivity index (χ0n) is 18.0. The first-order chi connectivity index (χ1) is 14.9. The number of aliphatic hydroxyl groups is 1. The number of benzene rings is 1. The van der Waals surface area contributed by atoms with Crippen molar-refractivity contribution in [3.05, 3.63) is 65.1 Å². The van der Waals surface area contributed by atoms with Crippen molar-refractivity contribution in [3.63, 3.8) is 0 Å². The maximum absolute atomic E-state index is 13.5. The van der Waals surface area contributed by atoms with E-state index in [1.54, 1.807) is 27.5 Å². The lowest BCUT2D eigenvalue weighted by Crippen LogP contribution is -2.28. The fourth-order valence-corrected chi connectivity index (χ4v) is 4.24. The largest absolute Gasteiger partial charge is 0.393 e. The van der Waals surface area contributed by atoms with Crippen molar-refractivity contribution < 1.29 is 9.50 Å². The first-order valence-corrected chi connectivity index (χ1v) is 10.9. The van der Waals surface area contributed by atoms with Gasteiger partial charge in [0.05, 0.1) is 17.5 Å². The maximum Gasteiger partial charge on any atom is 0.333 e. The molecule has 7 heteroatoms. The van der Waals surface area contributed by atoms with Gasteiger partial charge in [-0.25, -0.2) is 14.2 Å². The molecule has 1 aliphatic carbocycles. The highest BCUT2D eigenvalue weighted by molar-refractivity contribution is 5.65. The summed E-state index contributed by atoms with van der Waals surface area (Å²) in [7, 11) is 0. The van der Waals surface area contributed by atoms with E-state index in [2.05, 4.69) is 10.3 Å². The molecule has 4 rings (SSSR count). The number of imidazole rings is 1. The van der Waals surface area contributed by atoms with Gasteiger partial charge in [-0.3, -0.25) is 9.13 Å². The highest BCUT2D eigenvalue weighted by Crippen LogP contribution is 2.28. The van der Waals surface area contributed by atoms with Gasteiger partial charge in [0.25, 0.3) is 0 Å². The van der Waals surface area contributed by atoms with Crippen molar-refractivity contribution in [3.8, 4) is 16.9 Å². The minimum absolute atomic E-state index is 0.150. The van der Waals surface area contributed by atoms with E-state index in [1.807, 2.05) is 32.2 Å². The van der Waals surface area contributed by atoms with Gasteiger partial charge < -0.3 is 10.4 Å². The summed E-state index contributed by atoms with van der Waals surface area (Å²) in [6.45, 7) is 4.69. The molecule has 0 bridgehead atoms. The molecule has 2 heterocycles. The van der Waals surface area contributed by atoms with Crippen molar-refractivity contribution in [1.29, 1.82) is 0 Å². The summed E-state index contributed by atoms with van der Waals surface area (Å²) < 4.78 is 16.9. The van der Waals surface area contributed by atoms with E-state index >= 15 is 0 Å². The Morgan fingerprint density at radius 2 is 1.87 bits per heavy atom. The summed E-state index contributed by atoms with van der Waals surface area (Å²) in [5, 5.41) is 13.1. The Labute approximate surface area is 181 Å². The van der Waals surface area contributed by atoms with Gasteiger partial charge >= 0.3 is 5.69 Å². The van der Waals surface area contributed by atoms with Gasteiger partial charge in [0, 0.05) is 30.5 Å². The molecule has 2 N–H and O–H groups in total. The molecule has 1 saturated carbocycles. The van der Waals surface area contributed by atoms with Crippen LogP contribution in [0.2, 0.25) is 0 Å². The van der Waals surface area contributed by atoms with Crippen LogP contribution < -0.4 is 11.0 Å². The quantitative estimate of drug-likeness (QED) is 0.622. The average Bonchev–Trinajstić information content (AvgIpc) is 3.06. The minimum atomic E-state index is -0.342. The summed E-state index contributed by atoms with van der Waals surface area (Å²) in [5.41, 5.74) is 2.07. The number of aromatic nitrogens is 3. The van der Waals surface area contributed by atoms with Crippen LogP contribution in [0.15, 0.2) is 53.6 Å². The fourth-order valence-electron chi connectivity index (χ4n) is 4.24. The van der Waals surface area contributed by atoms with E-state index in [0.717, 1.165) is 42.8 Å². The van der Waals surface area contributed by atoms with Crippen LogP contribution in [0.3, 0.4) is 0 Å². The number of hydrogen-bond acceptors (Lipinski definition) is 4. The molecule has 0 aliphatic heterocycles. The summed E-state index contributed by atoms with van der Waals surface area (Å²) in [5.74, 6) is 0.749. The predicted octanol–water partition coefficient (Wildman–Crippen LogP) is 4.21. The second-order valence-corrected chi connectivity index (χ2v) is 8.66. The summed E-state index contributed by atoms with van der Waals surface area (Å²) in [6.07, 6.45) is 6.74. The topological polar surface area (TPSA) is 72.1 Å². The van der Waals surface area contributed by atoms with Crippen LogP contribution in [0, 0.1) is 11.7 Å². The molecule has 6 nitrogen and oxygen atoms in total. The third kappa shape index (κ3) is 4.88. The van der Waals surface area contributed by atoms with Gasteiger partial charge in [0.1, 0.15) is 11.6 Å². The summed E-state index contributed by atoms with van der Waals surface area (Å²) >= 11 is 0. The molecular weight excluding hydrogens is 395 g/mol. The van der Waals surface area contributed by atoms with Gasteiger partial charge in [-0.2, -0.15) is 0 Å². The summed E-state index contributed by atoms with van der Waals surface area (Å²) in [6, 6.07) is 10.0. The minimum Gasteiger partial charge on any atom is -0.393 e.